The molecule has 1 fully saturated rings. The van der Waals surface area contributed by atoms with Crippen LogP contribution in [-0.2, 0) is 14.3 Å². The third-order valence-corrected chi connectivity index (χ3v) is 5.05. The molecule has 2 aliphatic rings. The van der Waals surface area contributed by atoms with Gasteiger partial charge in [0.2, 0.25) is 6.10 Å². The average Bonchev–Trinajstić information content (AvgIpc) is 3.25. The number of para-hydroxylation sites is 1. The van der Waals surface area contributed by atoms with Crippen LogP contribution in [0.5, 0.6) is 5.75 Å². The van der Waals surface area contributed by atoms with Crippen molar-refractivity contribution >= 4 is 18.0 Å². The number of rotatable bonds is 5. The summed E-state index contributed by atoms with van der Waals surface area (Å²) < 4.78 is 11.3. The van der Waals surface area contributed by atoms with Gasteiger partial charge in [0.25, 0.3) is 5.91 Å². The molecule has 0 unspecified atom stereocenters. The van der Waals surface area contributed by atoms with E-state index in [9.17, 15) is 9.59 Å². The number of nitrogens with zero attached hydrogens (tertiary/aromatic N) is 1. The molecular weight excluding hydrogens is 356 g/mol. The topological polar surface area (TPSA) is 77.5 Å². The molecule has 6 nitrogen and oxygen atoms in total. The molecule has 1 aliphatic carbocycles. The minimum Gasteiger partial charge on any atom is -0.488 e. The lowest BCUT2D eigenvalue weighted by molar-refractivity contribution is -0.153. The number of pyridine rings is 1. The number of fused-ring (bicyclic) bond motifs is 1. The fourth-order valence-corrected chi connectivity index (χ4v) is 3.57. The first-order valence-electron chi connectivity index (χ1n) is 9.54. The van der Waals surface area contributed by atoms with Crippen molar-refractivity contribution in [3.63, 3.8) is 0 Å². The smallest absolute Gasteiger partial charge is 0.338 e. The van der Waals surface area contributed by atoms with Gasteiger partial charge in [-0.25, -0.2) is 4.79 Å². The fourth-order valence-electron chi connectivity index (χ4n) is 3.57. The van der Waals surface area contributed by atoms with E-state index < -0.39 is 12.1 Å². The van der Waals surface area contributed by atoms with Gasteiger partial charge in [-0.05, 0) is 31.1 Å². The van der Waals surface area contributed by atoms with E-state index in [4.69, 9.17) is 9.47 Å². The Morgan fingerprint density at radius 1 is 1.14 bits per heavy atom. The van der Waals surface area contributed by atoms with Gasteiger partial charge in [0.1, 0.15) is 12.4 Å². The van der Waals surface area contributed by atoms with Crippen LogP contribution in [-0.4, -0.2) is 29.5 Å². The Bertz CT molecular complexity index is 888. The highest BCUT2D eigenvalue weighted by Crippen LogP contribution is 2.28. The van der Waals surface area contributed by atoms with Gasteiger partial charge in [-0.15, -0.1) is 0 Å². The first-order valence-corrected chi connectivity index (χ1v) is 9.54. The Kier molecular flexibility index (Phi) is 5.37. The summed E-state index contributed by atoms with van der Waals surface area (Å²) in [4.78, 5) is 29.7. The normalized spacial score (nSPS) is 17.1. The summed E-state index contributed by atoms with van der Waals surface area (Å²) in [5.41, 5.74) is 1.74. The van der Waals surface area contributed by atoms with E-state index in [1.54, 1.807) is 30.6 Å². The molecule has 2 heterocycles. The standard InChI is InChI=1S/C22H22N2O4/c25-21(24-18-8-2-3-9-18)20(16-7-5-11-23-13-16)28-22(26)17-12-15-6-1-4-10-19(15)27-14-17/h1,4-7,10-13,18,20H,2-3,8-9,14H2,(H,24,25)/t20-/m1/s1. The predicted molar refractivity (Wildman–Crippen MR) is 103 cm³/mol. The van der Waals surface area contributed by atoms with Gasteiger partial charge in [-0.2, -0.15) is 0 Å². The number of hydrogen-bond donors (Lipinski definition) is 1. The summed E-state index contributed by atoms with van der Waals surface area (Å²) in [6.07, 6.45) is 7.98. The fraction of sp³-hybridized carbons (Fsp3) is 0.318. The quantitative estimate of drug-likeness (QED) is 0.809. The second kappa shape index (κ2) is 8.25. The third-order valence-electron chi connectivity index (χ3n) is 5.05. The van der Waals surface area contributed by atoms with E-state index in [0.29, 0.717) is 11.1 Å². The molecule has 28 heavy (non-hydrogen) atoms. The molecule has 1 N–H and O–H groups in total. The van der Waals surface area contributed by atoms with Gasteiger partial charge >= 0.3 is 5.97 Å². The zero-order valence-electron chi connectivity index (χ0n) is 15.5. The Morgan fingerprint density at radius 3 is 2.75 bits per heavy atom. The molecule has 2 aromatic rings. The number of carbonyl (C=O) groups is 2. The van der Waals surface area contributed by atoms with Crippen LogP contribution in [0.4, 0.5) is 0 Å². The molecule has 0 saturated heterocycles. The zero-order chi connectivity index (χ0) is 19.3. The van der Waals surface area contributed by atoms with Crippen molar-refractivity contribution in [1.29, 1.82) is 0 Å². The first-order chi connectivity index (χ1) is 13.7. The zero-order valence-corrected chi connectivity index (χ0v) is 15.5. The van der Waals surface area contributed by atoms with Crippen LogP contribution in [0.25, 0.3) is 6.08 Å². The molecule has 0 bridgehead atoms. The number of esters is 1. The highest BCUT2D eigenvalue weighted by molar-refractivity contribution is 5.97. The highest BCUT2D eigenvalue weighted by atomic mass is 16.6. The van der Waals surface area contributed by atoms with E-state index in [-0.39, 0.29) is 18.6 Å². The average molecular weight is 378 g/mol. The SMILES string of the molecule is O=C(O[C@@H](C(=O)NC1CCCC1)c1cccnc1)C1=Cc2ccccc2OC1. The molecule has 1 aliphatic heterocycles. The first kappa shape index (κ1) is 18.2. The maximum absolute atomic E-state index is 12.8. The maximum Gasteiger partial charge on any atom is 0.338 e. The minimum absolute atomic E-state index is 0.111. The third kappa shape index (κ3) is 4.06. The van der Waals surface area contributed by atoms with Gasteiger partial charge in [-0.1, -0.05) is 37.1 Å². The number of hydrogen-bond acceptors (Lipinski definition) is 5. The minimum atomic E-state index is -1.04. The van der Waals surface area contributed by atoms with Gasteiger partial charge in [0.05, 0.1) is 5.57 Å². The molecule has 1 amide bonds. The number of aromatic nitrogens is 1. The molecule has 4 rings (SSSR count). The largest absolute Gasteiger partial charge is 0.488 e. The van der Waals surface area contributed by atoms with E-state index in [1.165, 1.54) is 0 Å². The maximum atomic E-state index is 12.8. The van der Waals surface area contributed by atoms with Gasteiger partial charge in [0.15, 0.2) is 0 Å². The van der Waals surface area contributed by atoms with Crippen LogP contribution in [0.1, 0.15) is 42.9 Å². The number of ether oxygens (including phenoxy) is 2. The van der Waals surface area contributed by atoms with E-state index >= 15 is 0 Å². The predicted octanol–water partition coefficient (Wildman–Crippen LogP) is 3.20. The van der Waals surface area contributed by atoms with Crippen molar-refractivity contribution in [2.45, 2.75) is 37.8 Å². The van der Waals surface area contributed by atoms with Crippen molar-refractivity contribution in [1.82, 2.24) is 10.3 Å². The lowest BCUT2D eigenvalue weighted by Crippen LogP contribution is -2.38. The summed E-state index contributed by atoms with van der Waals surface area (Å²) in [6.45, 7) is 0.111. The van der Waals surface area contributed by atoms with Crippen molar-refractivity contribution in [2.24, 2.45) is 0 Å². The van der Waals surface area contributed by atoms with Gasteiger partial charge in [-0.3, -0.25) is 9.78 Å². The summed E-state index contributed by atoms with van der Waals surface area (Å²) in [5.74, 6) is -0.155. The number of nitrogens with one attached hydrogen (secondary N) is 1. The number of carbonyl (C=O) groups excluding carboxylic acids is 2. The van der Waals surface area contributed by atoms with Crippen LogP contribution in [0.15, 0.2) is 54.4 Å². The molecule has 1 saturated carbocycles. The lowest BCUT2D eigenvalue weighted by atomic mass is 10.1. The van der Waals surface area contributed by atoms with Crippen molar-refractivity contribution in [3.05, 3.63) is 65.5 Å². The highest BCUT2D eigenvalue weighted by Gasteiger charge is 2.30. The second-order valence-corrected chi connectivity index (χ2v) is 7.06. The van der Waals surface area contributed by atoms with Crippen LogP contribution < -0.4 is 10.1 Å². The second-order valence-electron chi connectivity index (χ2n) is 7.06. The van der Waals surface area contributed by atoms with E-state index in [2.05, 4.69) is 10.3 Å². The molecule has 1 aromatic carbocycles. The van der Waals surface area contributed by atoms with E-state index in [1.807, 2.05) is 24.3 Å². The molecule has 1 aromatic heterocycles. The Morgan fingerprint density at radius 2 is 1.96 bits per heavy atom. The van der Waals surface area contributed by atoms with Crippen molar-refractivity contribution < 1.29 is 19.1 Å². The van der Waals surface area contributed by atoms with Gasteiger partial charge in [0, 0.05) is 29.6 Å². The van der Waals surface area contributed by atoms with E-state index in [0.717, 1.165) is 37.0 Å². The molecular formula is C22H22N2O4. The van der Waals surface area contributed by atoms with Crippen LogP contribution in [0.2, 0.25) is 0 Å². The summed E-state index contributed by atoms with van der Waals surface area (Å²) in [5, 5.41) is 3.01. The monoisotopic (exact) mass is 378 g/mol. The van der Waals surface area contributed by atoms with Crippen LogP contribution >= 0.6 is 0 Å². The summed E-state index contributed by atoms with van der Waals surface area (Å²) in [7, 11) is 0. The Hall–Kier alpha value is -3.15. The van der Waals surface area contributed by atoms with Crippen molar-refractivity contribution in [2.75, 3.05) is 6.61 Å². The molecule has 144 valence electrons. The molecule has 0 radical (unpaired) electrons. The summed E-state index contributed by atoms with van der Waals surface area (Å²) >= 11 is 0. The number of amides is 1. The van der Waals surface area contributed by atoms with Crippen LogP contribution in [0.3, 0.4) is 0 Å². The Labute approximate surface area is 163 Å². The molecule has 1 atom stereocenters. The molecule has 6 heteroatoms. The summed E-state index contributed by atoms with van der Waals surface area (Å²) in [6, 6.07) is 11.1. The van der Waals surface area contributed by atoms with Crippen LogP contribution in [0, 0.1) is 0 Å². The molecule has 0 spiro atoms. The van der Waals surface area contributed by atoms with Gasteiger partial charge < -0.3 is 14.8 Å². The number of benzene rings is 1. The Balaban J connectivity index is 1.53. The van der Waals surface area contributed by atoms with Crippen molar-refractivity contribution in [3.8, 4) is 5.75 Å². The lowest BCUT2D eigenvalue weighted by Gasteiger charge is -2.22.